The minimum absolute atomic E-state index is 0.123. The van der Waals surface area contributed by atoms with E-state index in [4.69, 9.17) is 9.47 Å². The Morgan fingerprint density at radius 1 is 1.07 bits per heavy atom. The van der Waals surface area contributed by atoms with Gasteiger partial charge in [0.1, 0.15) is 18.1 Å². The molecule has 0 unspecified atom stereocenters. The Morgan fingerprint density at radius 3 is 2.50 bits per heavy atom. The third kappa shape index (κ3) is 5.66. The smallest absolute Gasteiger partial charge is 0.191 e. The lowest BCUT2D eigenvalue weighted by Gasteiger charge is -2.19. The maximum Gasteiger partial charge on any atom is 0.191 e. The van der Waals surface area contributed by atoms with Gasteiger partial charge in [0.2, 0.25) is 0 Å². The van der Waals surface area contributed by atoms with E-state index in [2.05, 4.69) is 55.7 Å². The lowest BCUT2D eigenvalue weighted by Crippen LogP contribution is -2.11. The molecule has 0 spiro atoms. The molecule has 0 N–H and O–H groups in total. The summed E-state index contributed by atoms with van der Waals surface area (Å²) in [7, 11) is 1.68. The van der Waals surface area contributed by atoms with Gasteiger partial charge in [0, 0.05) is 12.3 Å². The molecule has 1 heterocycles. The van der Waals surface area contributed by atoms with Gasteiger partial charge in [-0.2, -0.15) is 0 Å². The van der Waals surface area contributed by atoms with Gasteiger partial charge >= 0.3 is 0 Å². The number of aromatic nitrogens is 3. The van der Waals surface area contributed by atoms with Crippen molar-refractivity contribution in [1.29, 1.82) is 0 Å². The van der Waals surface area contributed by atoms with Crippen LogP contribution in [0, 0.1) is 0 Å². The van der Waals surface area contributed by atoms with E-state index in [1.807, 2.05) is 41.0 Å². The Hall–Kier alpha value is -2.73. The molecule has 3 rings (SSSR count). The summed E-state index contributed by atoms with van der Waals surface area (Å²) in [5.74, 6) is 3.23. The summed E-state index contributed by atoms with van der Waals surface area (Å²) in [6, 6.07) is 16.3. The molecule has 0 saturated heterocycles. The van der Waals surface area contributed by atoms with Crippen molar-refractivity contribution in [3.05, 3.63) is 78.1 Å². The van der Waals surface area contributed by atoms with Crippen molar-refractivity contribution in [2.45, 2.75) is 50.2 Å². The van der Waals surface area contributed by atoms with E-state index in [0.29, 0.717) is 13.2 Å². The maximum atomic E-state index is 5.97. The summed E-state index contributed by atoms with van der Waals surface area (Å²) in [6.45, 7) is 11.5. The average Bonchev–Trinajstić information content (AvgIpc) is 3.12. The second kappa shape index (κ2) is 9.85. The molecule has 0 aliphatic carbocycles. The van der Waals surface area contributed by atoms with Crippen molar-refractivity contribution in [2.75, 3.05) is 7.11 Å². The molecule has 0 radical (unpaired) electrons. The van der Waals surface area contributed by atoms with Crippen LogP contribution in [0.3, 0.4) is 0 Å². The molecule has 2 aromatic carbocycles. The molecule has 0 amide bonds. The average molecular weight is 424 g/mol. The Kier molecular flexibility index (Phi) is 7.21. The van der Waals surface area contributed by atoms with Crippen LogP contribution >= 0.6 is 11.8 Å². The molecule has 6 heteroatoms. The van der Waals surface area contributed by atoms with Gasteiger partial charge in [-0.3, -0.25) is 4.57 Å². The number of hydrogen-bond donors (Lipinski definition) is 0. The van der Waals surface area contributed by atoms with E-state index in [0.717, 1.165) is 28.2 Å². The summed E-state index contributed by atoms with van der Waals surface area (Å²) in [5.41, 5.74) is 2.57. The van der Waals surface area contributed by atoms with E-state index >= 15 is 0 Å². The Labute approximate surface area is 183 Å². The van der Waals surface area contributed by atoms with Gasteiger partial charge in [-0.05, 0) is 40.8 Å². The van der Waals surface area contributed by atoms with Crippen molar-refractivity contribution in [2.24, 2.45) is 0 Å². The summed E-state index contributed by atoms with van der Waals surface area (Å²) in [4.78, 5) is 0. The van der Waals surface area contributed by atoms with Crippen LogP contribution in [0.25, 0.3) is 0 Å². The highest BCUT2D eigenvalue weighted by atomic mass is 32.2. The quantitative estimate of drug-likeness (QED) is 0.329. The molecule has 0 aliphatic heterocycles. The van der Waals surface area contributed by atoms with Gasteiger partial charge < -0.3 is 9.47 Å². The minimum Gasteiger partial charge on any atom is -0.497 e. The first-order chi connectivity index (χ1) is 14.4. The SMILES string of the molecule is C=CCn1c(COc2ccc(C(C)(C)C)cc2)nnc1SCc1cccc(OC)c1. The van der Waals surface area contributed by atoms with E-state index in [1.54, 1.807) is 18.9 Å². The van der Waals surface area contributed by atoms with E-state index in [-0.39, 0.29) is 5.41 Å². The number of methoxy groups -OCH3 is 1. The van der Waals surface area contributed by atoms with Crippen molar-refractivity contribution < 1.29 is 9.47 Å². The van der Waals surface area contributed by atoms with Crippen LogP contribution in [0.5, 0.6) is 11.5 Å². The third-order valence-corrected chi connectivity index (χ3v) is 5.73. The largest absolute Gasteiger partial charge is 0.497 e. The van der Waals surface area contributed by atoms with Crippen molar-refractivity contribution in [3.8, 4) is 11.5 Å². The Balaban J connectivity index is 1.67. The van der Waals surface area contributed by atoms with Crippen LogP contribution in [0.1, 0.15) is 37.7 Å². The molecule has 3 aromatic rings. The summed E-state index contributed by atoms with van der Waals surface area (Å²) in [6.07, 6.45) is 1.85. The molecular weight excluding hydrogens is 394 g/mol. The minimum atomic E-state index is 0.123. The molecule has 0 atom stereocenters. The fourth-order valence-corrected chi connectivity index (χ4v) is 3.86. The zero-order chi connectivity index (χ0) is 21.6. The van der Waals surface area contributed by atoms with Gasteiger partial charge in [0.15, 0.2) is 11.0 Å². The number of benzene rings is 2. The molecule has 5 nitrogen and oxygen atoms in total. The first-order valence-electron chi connectivity index (χ1n) is 9.92. The highest BCUT2D eigenvalue weighted by Crippen LogP contribution is 2.26. The van der Waals surface area contributed by atoms with Crippen LogP contribution < -0.4 is 9.47 Å². The van der Waals surface area contributed by atoms with Crippen molar-refractivity contribution >= 4 is 11.8 Å². The van der Waals surface area contributed by atoms with Crippen LogP contribution in [0.2, 0.25) is 0 Å². The lowest BCUT2D eigenvalue weighted by atomic mass is 9.87. The molecule has 158 valence electrons. The third-order valence-electron chi connectivity index (χ3n) is 4.70. The highest BCUT2D eigenvalue weighted by Gasteiger charge is 2.15. The van der Waals surface area contributed by atoms with E-state index in [9.17, 15) is 0 Å². The van der Waals surface area contributed by atoms with E-state index < -0.39 is 0 Å². The van der Waals surface area contributed by atoms with Crippen LogP contribution in [0.4, 0.5) is 0 Å². The molecule has 0 bridgehead atoms. The number of allylic oxidation sites excluding steroid dienone is 1. The first kappa shape index (κ1) is 22.0. The predicted octanol–water partition coefficient (Wildman–Crippen LogP) is 5.64. The van der Waals surface area contributed by atoms with Crippen LogP contribution in [-0.2, 0) is 24.3 Å². The Bertz CT molecular complexity index is 975. The molecule has 30 heavy (non-hydrogen) atoms. The fourth-order valence-electron chi connectivity index (χ4n) is 2.95. The number of nitrogens with zero attached hydrogens (tertiary/aromatic N) is 3. The van der Waals surface area contributed by atoms with Crippen LogP contribution in [0.15, 0.2) is 66.3 Å². The molecule has 0 saturated carbocycles. The van der Waals surface area contributed by atoms with Gasteiger partial charge in [-0.15, -0.1) is 16.8 Å². The van der Waals surface area contributed by atoms with E-state index in [1.165, 1.54) is 11.1 Å². The molecular formula is C24H29N3O2S. The zero-order valence-corrected chi connectivity index (χ0v) is 18.9. The summed E-state index contributed by atoms with van der Waals surface area (Å²) >= 11 is 1.64. The second-order valence-electron chi connectivity index (χ2n) is 8.00. The number of thioether (sulfide) groups is 1. The van der Waals surface area contributed by atoms with Gasteiger partial charge in [0.25, 0.3) is 0 Å². The summed E-state index contributed by atoms with van der Waals surface area (Å²) in [5, 5.41) is 9.56. The molecule has 0 aliphatic rings. The second-order valence-corrected chi connectivity index (χ2v) is 8.94. The lowest BCUT2D eigenvalue weighted by molar-refractivity contribution is 0.289. The Morgan fingerprint density at radius 2 is 1.83 bits per heavy atom. The predicted molar refractivity (Wildman–Crippen MR) is 122 cm³/mol. The number of hydrogen-bond acceptors (Lipinski definition) is 5. The van der Waals surface area contributed by atoms with Gasteiger partial charge in [-0.25, -0.2) is 0 Å². The zero-order valence-electron chi connectivity index (χ0n) is 18.1. The van der Waals surface area contributed by atoms with Gasteiger partial charge in [-0.1, -0.05) is 62.9 Å². The molecule has 0 fully saturated rings. The summed E-state index contributed by atoms with van der Waals surface area (Å²) < 4.78 is 13.3. The standard InChI is InChI=1S/C24H29N3O2S/c1-6-14-27-22(16-29-20-12-10-19(11-13-20)24(2,3)4)25-26-23(27)30-17-18-8-7-9-21(15-18)28-5/h6-13,15H,1,14,16-17H2,2-5H3. The monoisotopic (exact) mass is 423 g/mol. The maximum absolute atomic E-state index is 5.97. The number of ether oxygens (including phenoxy) is 2. The first-order valence-corrected chi connectivity index (χ1v) is 10.9. The fraction of sp³-hybridized carbons (Fsp3) is 0.333. The van der Waals surface area contributed by atoms with Gasteiger partial charge in [0.05, 0.1) is 7.11 Å². The normalized spacial score (nSPS) is 11.3. The topological polar surface area (TPSA) is 49.2 Å². The highest BCUT2D eigenvalue weighted by molar-refractivity contribution is 7.98. The van der Waals surface area contributed by atoms with Crippen molar-refractivity contribution in [3.63, 3.8) is 0 Å². The number of rotatable bonds is 9. The van der Waals surface area contributed by atoms with Crippen molar-refractivity contribution in [1.82, 2.24) is 14.8 Å². The van der Waals surface area contributed by atoms with Crippen LogP contribution in [-0.4, -0.2) is 21.9 Å². The molecule has 1 aromatic heterocycles.